The van der Waals surface area contributed by atoms with Gasteiger partial charge < -0.3 is 25.2 Å². The maximum atomic E-state index is 14.4. The van der Waals surface area contributed by atoms with Crippen LogP contribution >= 0.6 is 0 Å². The molecule has 0 heterocycles. The minimum atomic E-state index is -1.97. The van der Waals surface area contributed by atoms with E-state index in [0.29, 0.717) is 6.42 Å². The number of allylic oxidation sites excluding steroid dienone is 2. The van der Waals surface area contributed by atoms with Crippen LogP contribution in [0.1, 0.15) is 93.9 Å². The van der Waals surface area contributed by atoms with Gasteiger partial charge in [0.1, 0.15) is 23.1 Å². The average Bonchev–Trinajstić information content (AvgIpc) is 3.05. The van der Waals surface area contributed by atoms with Gasteiger partial charge in [-0.2, -0.15) is 0 Å². The normalized spacial score (nSPS) is 41.5. The van der Waals surface area contributed by atoms with Gasteiger partial charge in [-0.25, -0.2) is 0 Å². The van der Waals surface area contributed by atoms with Crippen molar-refractivity contribution in [2.24, 2.45) is 39.4 Å². The van der Waals surface area contributed by atoms with Crippen LogP contribution in [0.4, 0.5) is 0 Å². The fraction of sp³-hybridized carbons (Fsp3) is 0.812. The molecule has 3 fully saturated rings. The Morgan fingerprint density at radius 2 is 1.68 bits per heavy atom. The molecule has 4 aliphatic rings. The first kappa shape index (κ1) is 32.0. The van der Waals surface area contributed by atoms with E-state index in [0.717, 1.165) is 5.57 Å². The van der Waals surface area contributed by atoms with Crippen LogP contribution in [-0.2, 0) is 23.9 Å². The Balaban J connectivity index is 1.74. The van der Waals surface area contributed by atoms with E-state index < -0.39 is 81.2 Å². The van der Waals surface area contributed by atoms with Crippen LogP contribution in [0.3, 0.4) is 0 Å². The van der Waals surface area contributed by atoms with Gasteiger partial charge in [0.15, 0.2) is 11.6 Å². The highest BCUT2D eigenvalue weighted by Crippen LogP contribution is 2.74. The topological polar surface area (TPSA) is 158 Å². The summed E-state index contributed by atoms with van der Waals surface area (Å²) in [6, 6.07) is 0. The molecule has 41 heavy (non-hydrogen) atoms. The lowest BCUT2D eigenvalue weighted by Crippen LogP contribution is -2.67. The predicted molar refractivity (Wildman–Crippen MR) is 149 cm³/mol. The van der Waals surface area contributed by atoms with Crippen molar-refractivity contribution < 1.29 is 44.3 Å². The van der Waals surface area contributed by atoms with Gasteiger partial charge in [0.05, 0.1) is 18.1 Å². The number of esters is 1. The molecule has 0 spiro atoms. The van der Waals surface area contributed by atoms with E-state index in [9.17, 15) is 39.6 Å². The van der Waals surface area contributed by atoms with E-state index in [1.54, 1.807) is 27.7 Å². The van der Waals surface area contributed by atoms with Crippen LogP contribution in [0, 0.1) is 39.4 Å². The number of carbonyl (C=O) groups excluding carboxylic acids is 4. The fourth-order valence-electron chi connectivity index (χ4n) is 9.75. The lowest BCUT2D eigenvalue weighted by atomic mass is 9.38. The Morgan fingerprint density at radius 3 is 2.24 bits per heavy atom. The second kappa shape index (κ2) is 9.79. The summed E-state index contributed by atoms with van der Waals surface area (Å²) < 4.78 is 5.30. The summed E-state index contributed by atoms with van der Waals surface area (Å²) in [6.07, 6.45) is 0.323. The van der Waals surface area contributed by atoms with Gasteiger partial charge in [0.2, 0.25) is 0 Å². The largest absolute Gasteiger partial charge is 0.460 e. The first-order chi connectivity index (χ1) is 18.6. The van der Waals surface area contributed by atoms with Crippen molar-refractivity contribution in [2.45, 2.75) is 117 Å². The summed E-state index contributed by atoms with van der Waals surface area (Å²) in [5.74, 6) is -3.43. The molecule has 0 aliphatic heterocycles. The monoisotopic (exact) mass is 576 g/mol. The Morgan fingerprint density at radius 1 is 1.07 bits per heavy atom. The molecule has 1 unspecified atom stereocenters. The molecule has 9 atom stereocenters. The molecule has 4 N–H and O–H groups in total. The first-order valence-electron chi connectivity index (χ1n) is 14.8. The molecule has 0 aromatic carbocycles. The quantitative estimate of drug-likeness (QED) is 0.264. The molecule has 0 amide bonds. The van der Waals surface area contributed by atoms with E-state index in [1.165, 1.54) is 13.8 Å². The zero-order chi connectivity index (χ0) is 31.1. The summed E-state index contributed by atoms with van der Waals surface area (Å²) in [4.78, 5) is 52.3. The molecule has 4 aliphatic carbocycles. The van der Waals surface area contributed by atoms with Crippen LogP contribution < -0.4 is 0 Å². The molecule has 9 heteroatoms. The number of hydrogen-bond donors (Lipinski definition) is 4. The summed E-state index contributed by atoms with van der Waals surface area (Å²) >= 11 is 0. The number of fused-ring (bicyclic) bond motifs is 5. The lowest BCUT2D eigenvalue weighted by Gasteiger charge is -2.64. The fourth-order valence-corrected chi connectivity index (χ4v) is 9.75. The predicted octanol–water partition coefficient (Wildman–Crippen LogP) is 2.70. The highest BCUT2D eigenvalue weighted by molar-refractivity contribution is 5.95. The van der Waals surface area contributed by atoms with Gasteiger partial charge in [0, 0.05) is 31.1 Å². The number of ether oxygens (including phenoxy) is 1. The molecular formula is C32H48O9. The van der Waals surface area contributed by atoms with Gasteiger partial charge in [-0.15, -0.1) is 0 Å². The zero-order valence-corrected chi connectivity index (χ0v) is 25.7. The van der Waals surface area contributed by atoms with E-state index >= 15 is 0 Å². The Labute approximate surface area is 242 Å². The Kier molecular flexibility index (Phi) is 7.64. The number of carbonyl (C=O) groups is 4. The highest BCUT2D eigenvalue weighted by atomic mass is 16.6. The molecule has 230 valence electrons. The minimum absolute atomic E-state index is 0.0456. The van der Waals surface area contributed by atoms with Gasteiger partial charge in [0.25, 0.3) is 0 Å². The standard InChI is InChI=1S/C32H48O9/c1-17(34)41-27(2,3)12-11-23(37)31(8,40)25-21(36)14-29(6)22-10-9-18-19(13-20(35)26(39)28(18,4)5)32(22,16-33)24(38)15-30(25,29)7/h9,19-22,25,33,35-36,40H,10-16H2,1-8H3/t19-,20+,21-,22+,25?,29+,30-,31+,32+/m1/s1. The highest BCUT2D eigenvalue weighted by Gasteiger charge is 2.75. The van der Waals surface area contributed by atoms with Crippen molar-refractivity contribution in [3.05, 3.63) is 11.6 Å². The lowest BCUT2D eigenvalue weighted by molar-refractivity contribution is -0.193. The molecule has 0 saturated heterocycles. The Hall–Kier alpha value is -1.94. The third kappa shape index (κ3) is 4.40. The van der Waals surface area contributed by atoms with Crippen molar-refractivity contribution in [3.8, 4) is 0 Å². The van der Waals surface area contributed by atoms with Crippen molar-refractivity contribution in [2.75, 3.05) is 6.61 Å². The smallest absolute Gasteiger partial charge is 0.303 e. The molecule has 0 radical (unpaired) electrons. The van der Waals surface area contributed by atoms with Crippen LogP contribution in [0.25, 0.3) is 0 Å². The van der Waals surface area contributed by atoms with Crippen LogP contribution in [0.15, 0.2) is 11.6 Å². The van der Waals surface area contributed by atoms with Crippen molar-refractivity contribution in [3.63, 3.8) is 0 Å². The van der Waals surface area contributed by atoms with Gasteiger partial charge >= 0.3 is 5.97 Å². The number of rotatable bonds is 7. The maximum absolute atomic E-state index is 14.4. The number of aliphatic hydroxyl groups is 4. The minimum Gasteiger partial charge on any atom is -0.460 e. The summed E-state index contributed by atoms with van der Waals surface area (Å²) in [5, 5.41) is 45.1. The van der Waals surface area contributed by atoms with E-state index in [-0.39, 0.29) is 43.7 Å². The molecule has 0 bridgehead atoms. The van der Waals surface area contributed by atoms with Gasteiger partial charge in [-0.05, 0) is 83.0 Å². The summed E-state index contributed by atoms with van der Waals surface area (Å²) in [6.45, 7) is 13.0. The third-order valence-electron chi connectivity index (χ3n) is 11.9. The maximum Gasteiger partial charge on any atom is 0.303 e. The van der Waals surface area contributed by atoms with Crippen LogP contribution in [0.2, 0.25) is 0 Å². The molecule has 4 rings (SSSR count). The second-order valence-electron chi connectivity index (χ2n) is 15.0. The Bertz CT molecular complexity index is 1180. The summed E-state index contributed by atoms with van der Waals surface area (Å²) in [5.41, 5.74) is -6.09. The van der Waals surface area contributed by atoms with Crippen LogP contribution in [0.5, 0.6) is 0 Å². The summed E-state index contributed by atoms with van der Waals surface area (Å²) in [7, 11) is 0. The van der Waals surface area contributed by atoms with Gasteiger partial charge in [-0.3, -0.25) is 19.2 Å². The number of aliphatic hydroxyl groups excluding tert-OH is 3. The first-order valence-corrected chi connectivity index (χ1v) is 14.8. The second-order valence-corrected chi connectivity index (χ2v) is 15.0. The van der Waals surface area contributed by atoms with Gasteiger partial charge in [-0.1, -0.05) is 25.5 Å². The van der Waals surface area contributed by atoms with E-state index in [1.807, 2.05) is 19.9 Å². The third-order valence-corrected chi connectivity index (χ3v) is 11.9. The van der Waals surface area contributed by atoms with E-state index in [2.05, 4.69) is 0 Å². The molecular weight excluding hydrogens is 528 g/mol. The van der Waals surface area contributed by atoms with Crippen molar-refractivity contribution in [1.82, 2.24) is 0 Å². The number of ketones is 3. The van der Waals surface area contributed by atoms with E-state index in [4.69, 9.17) is 4.74 Å². The number of hydrogen-bond acceptors (Lipinski definition) is 9. The van der Waals surface area contributed by atoms with Crippen molar-refractivity contribution >= 4 is 23.3 Å². The number of Topliss-reactive ketones (excluding diaryl/α,β-unsaturated/α-hetero) is 3. The molecule has 9 nitrogen and oxygen atoms in total. The molecule has 0 aromatic rings. The molecule has 0 aromatic heterocycles. The average molecular weight is 577 g/mol. The SMILES string of the molecule is CC(=O)OC(C)(C)CCC(=O)[C@](C)(O)C1[C@H](O)C[C@@]2(C)[C@@H]3CC=C4[C@@H](C[C@H](O)C(=O)C4(C)C)[C@]3(CO)C(=O)C[C@]12C. The van der Waals surface area contributed by atoms with Crippen molar-refractivity contribution in [1.29, 1.82) is 0 Å². The van der Waals surface area contributed by atoms with Crippen LogP contribution in [-0.4, -0.2) is 73.8 Å². The zero-order valence-electron chi connectivity index (χ0n) is 25.7. The molecule has 3 saturated carbocycles.